The molecule has 0 unspecified atom stereocenters. The van der Waals surface area contributed by atoms with Gasteiger partial charge in [0.25, 0.3) is 0 Å². The molecule has 12 nitrogen and oxygen atoms in total. The molecule has 286 valence electrons. The Hall–Kier alpha value is -4.79. The van der Waals surface area contributed by atoms with Crippen LogP contribution in [0.15, 0.2) is 24.5 Å². The zero-order valence-electron chi connectivity index (χ0n) is 29.8. The van der Waals surface area contributed by atoms with E-state index in [1.165, 1.54) is 12.1 Å². The molecular formula is C37H35ClF4N10O2S. The lowest BCUT2D eigenvalue weighted by molar-refractivity contribution is 0.00997. The molecule has 9 rings (SSSR count). The van der Waals surface area contributed by atoms with Crippen molar-refractivity contribution in [3.63, 3.8) is 0 Å². The minimum Gasteiger partial charge on any atom is -0.461 e. The van der Waals surface area contributed by atoms with E-state index in [0.29, 0.717) is 31.9 Å². The number of carbonyl (C=O) groups excluding carboxylic acids is 1. The third-order valence-electron chi connectivity index (χ3n) is 12.0. The van der Waals surface area contributed by atoms with Gasteiger partial charge in [-0.1, -0.05) is 24.6 Å². The Kier molecular flexibility index (Phi) is 8.41. The predicted molar refractivity (Wildman–Crippen MR) is 198 cm³/mol. The van der Waals surface area contributed by atoms with E-state index in [9.17, 15) is 23.2 Å². The molecule has 4 fully saturated rings. The van der Waals surface area contributed by atoms with Crippen LogP contribution in [0.3, 0.4) is 0 Å². The van der Waals surface area contributed by atoms with Gasteiger partial charge in [-0.05, 0) is 55.3 Å². The van der Waals surface area contributed by atoms with Crippen LogP contribution in [0.4, 0.5) is 33.2 Å². The van der Waals surface area contributed by atoms with Crippen LogP contribution in [0, 0.1) is 40.4 Å². The second-order valence-electron chi connectivity index (χ2n) is 15.5. The van der Waals surface area contributed by atoms with Crippen molar-refractivity contribution in [2.45, 2.75) is 56.8 Å². The van der Waals surface area contributed by atoms with Crippen molar-refractivity contribution in [3.05, 3.63) is 52.8 Å². The number of halogens is 5. The number of benzene rings is 2. The Morgan fingerprint density at radius 2 is 2.02 bits per heavy atom. The highest BCUT2D eigenvalue weighted by molar-refractivity contribution is 7.23. The number of carbonyl (C=O) groups is 1. The Morgan fingerprint density at radius 3 is 2.75 bits per heavy atom. The smallest absolute Gasteiger partial charge is 0.346 e. The van der Waals surface area contributed by atoms with Crippen molar-refractivity contribution in [3.8, 4) is 23.2 Å². The minimum atomic E-state index is -0.992. The number of nitriles is 1. The molecule has 2 N–H and O–H groups in total. The van der Waals surface area contributed by atoms with Crippen LogP contribution in [0.5, 0.6) is 6.01 Å². The quantitative estimate of drug-likeness (QED) is 0.167. The van der Waals surface area contributed by atoms with Crippen molar-refractivity contribution in [1.29, 1.82) is 5.26 Å². The molecule has 0 radical (unpaired) electrons. The van der Waals surface area contributed by atoms with Gasteiger partial charge in [0.05, 0.1) is 20.8 Å². The number of nitrogen functional groups attached to an aromatic ring is 1. The summed E-state index contributed by atoms with van der Waals surface area (Å²) >= 11 is 7.79. The third kappa shape index (κ3) is 5.74. The number of fused-ring (bicyclic) bond motifs is 3. The molecule has 0 spiro atoms. The average molecular weight is 795 g/mol. The zero-order chi connectivity index (χ0) is 38.6. The van der Waals surface area contributed by atoms with Crippen molar-refractivity contribution < 1.29 is 27.1 Å². The molecule has 3 saturated heterocycles. The number of aromatic nitrogens is 5. The molecule has 55 heavy (non-hydrogen) atoms. The van der Waals surface area contributed by atoms with E-state index in [0.717, 1.165) is 54.6 Å². The van der Waals surface area contributed by atoms with Crippen molar-refractivity contribution in [1.82, 2.24) is 34.5 Å². The van der Waals surface area contributed by atoms with Crippen LogP contribution in [-0.2, 0) is 0 Å². The zero-order valence-corrected chi connectivity index (χ0v) is 31.4. The molecular weight excluding hydrogens is 760 g/mol. The normalized spacial score (nSPS) is 24.3. The first-order valence-corrected chi connectivity index (χ1v) is 19.2. The number of thiophene rings is 1. The van der Waals surface area contributed by atoms with Gasteiger partial charge in [-0.3, -0.25) is 4.90 Å². The van der Waals surface area contributed by atoms with E-state index >= 15 is 4.39 Å². The summed E-state index contributed by atoms with van der Waals surface area (Å²) in [5.41, 5.74) is 5.39. The van der Waals surface area contributed by atoms with E-state index in [1.54, 1.807) is 18.0 Å². The SMILES string of the molecule is CN(C[C@@H]1CN(C(=O)n2cnc(F)n2)[C@@H]1C1(C)CC1)c1nc(OC[C@@]23CCCN2C[C@H](F)C3)nc2c(F)c(-c3ccc(F)c4sc(N)c(C#N)c34)c(Cl)cc12. The highest BCUT2D eigenvalue weighted by atomic mass is 35.5. The summed E-state index contributed by atoms with van der Waals surface area (Å²) in [6.45, 7) is 4.03. The molecule has 5 aromatic rings. The van der Waals surface area contributed by atoms with Gasteiger partial charge < -0.3 is 20.3 Å². The number of nitrogens with zero attached hydrogens (tertiary/aromatic N) is 9. The first kappa shape index (κ1) is 35.9. The maximum Gasteiger partial charge on any atom is 0.346 e. The fraction of sp³-hybridized carbons (Fsp3) is 0.459. The number of amides is 1. The number of likely N-dealkylation sites (tertiary alicyclic amines) is 1. The van der Waals surface area contributed by atoms with Crippen LogP contribution in [0.25, 0.3) is 32.1 Å². The van der Waals surface area contributed by atoms with E-state index in [1.807, 2.05) is 11.0 Å². The van der Waals surface area contributed by atoms with Crippen LogP contribution < -0.4 is 15.4 Å². The topological polar surface area (TPSA) is 142 Å². The van der Waals surface area contributed by atoms with Gasteiger partial charge in [0.1, 0.15) is 47.3 Å². The van der Waals surface area contributed by atoms with E-state index in [-0.39, 0.29) is 77.7 Å². The summed E-state index contributed by atoms with van der Waals surface area (Å²) in [4.78, 5) is 31.8. The maximum absolute atomic E-state index is 17.2. The molecule has 2 aromatic carbocycles. The number of alkyl halides is 1. The van der Waals surface area contributed by atoms with Gasteiger partial charge >= 0.3 is 18.1 Å². The van der Waals surface area contributed by atoms with Crippen molar-refractivity contribution in [2.24, 2.45) is 11.3 Å². The number of nitrogens with two attached hydrogens (primary N) is 1. The van der Waals surface area contributed by atoms with Crippen molar-refractivity contribution in [2.75, 3.05) is 50.5 Å². The molecule has 1 saturated carbocycles. The molecule has 0 bridgehead atoms. The Morgan fingerprint density at radius 1 is 1.22 bits per heavy atom. The number of ether oxygens (including phenoxy) is 1. The van der Waals surface area contributed by atoms with Gasteiger partial charge in [0, 0.05) is 61.4 Å². The second-order valence-corrected chi connectivity index (χ2v) is 17.0. The van der Waals surface area contributed by atoms with E-state index in [2.05, 4.69) is 26.9 Å². The largest absolute Gasteiger partial charge is 0.461 e. The van der Waals surface area contributed by atoms with E-state index < -0.39 is 35.5 Å². The highest BCUT2D eigenvalue weighted by Crippen LogP contribution is 2.56. The number of hydrogen-bond acceptors (Lipinski definition) is 11. The monoisotopic (exact) mass is 794 g/mol. The summed E-state index contributed by atoms with van der Waals surface area (Å²) in [5, 5.41) is 14.0. The van der Waals surface area contributed by atoms with Gasteiger partial charge in [-0.2, -0.15) is 29.3 Å². The summed E-state index contributed by atoms with van der Waals surface area (Å²) < 4.78 is 67.7. The molecule has 3 aliphatic heterocycles. The molecule has 6 heterocycles. The standard InChI is InChI=1S/C37H35ClF4N10O2S/c1-36(7-8-36)30-18(14-51(30)35(53)52-17-45-33(42)48-52)13-49(2)32-21-10-23(38)26(20-4-5-24(40)29-25(20)22(12-43)31(44)55-29)27(41)28(21)46-34(47-32)54-16-37-6-3-9-50(37)15-19(39)11-37/h4-5,10,17-19,30H,3,6-9,11,13-16,44H2,1-2H3/t18-,19-,30+,37+/m1/s1. The second kappa shape index (κ2) is 12.9. The van der Waals surface area contributed by atoms with E-state index in [4.69, 9.17) is 27.1 Å². The fourth-order valence-electron chi connectivity index (χ4n) is 9.20. The van der Waals surface area contributed by atoms with Crippen LogP contribution >= 0.6 is 22.9 Å². The number of anilines is 2. The first-order valence-electron chi connectivity index (χ1n) is 18.0. The molecule has 3 aromatic heterocycles. The van der Waals surface area contributed by atoms with Crippen molar-refractivity contribution >= 4 is 60.8 Å². The van der Waals surface area contributed by atoms with Gasteiger partial charge in [-0.25, -0.2) is 18.0 Å². The highest BCUT2D eigenvalue weighted by Gasteiger charge is 2.58. The third-order valence-corrected chi connectivity index (χ3v) is 13.3. The molecule has 18 heteroatoms. The molecule has 1 aliphatic carbocycles. The van der Waals surface area contributed by atoms with Crippen LogP contribution in [0.1, 0.15) is 44.6 Å². The Labute approximate surface area is 321 Å². The Balaban J connectivity index is 1.12. The summed E-state index contributed by atoms with van der Waals surface area (Å²) in [6.07, 6.45) is 2.84. The lowest BCUT2D eigenvalue weighted by Gasteiger charge is -2.52. The molecule has 1 amide bonds. The first-order chi connectivity index (χ1) is 26.3. The Bertz CT molecular complexity index is 2450. The average Bonchev–Trinajstić information content (AvgIpc) is 3.46. The van der Waals surface area contributed by atoms with Gasteiger partial charge in [-0.15, -0.1) is 16.4 Å². The molecule has 4 aliphatic rings. The lowest BCUT2D eigenvalue weighted by atomic mass is 9.78. The minimum absolute atomic E-state index is 0.0150. The van der Waals surface area contributed by atoms with Crippen LogP contribution in [0.2, 0.25) is 5.02 Å². The van der Waals surface area contributed by atoms with Gasteiger partial charge in [0.2, 0.25) is 0 Å². The predicted octanol–water partition coefficient (Wildman–Crippen LogP) is 6.79. The summed E-state index contributed by atoms with van der Waals surface area (Å²) in [6, 6.07) is 5.33. The summed E-state index contributed by atoms with van der Waals surface area (Å²) in [5.74, 6) is -1.18. The van der Waals surface area contributed by atoms with Crippen LogP contribution in [-0.4, -0.2) is 98.1 Å². The number of hydrogen-bond donors (Lipinski definition) is 1. The maximum atomic E-state index is 17.2. The molecule has 4 atom stereocenters. The number of rotatable bonds is 8. The summed E-state index contributed by atoms with van der Waals surface area (Å²) in [7, 11) is 1.80. The lowest BCUT2D eigenvalue weighted by Crippen LogP contribution is -2.65. The van der Waals surface area contributed by atoms with Gasteiger partial charge in [0.15, 0.2) is 5.82 Å². The fourth-order valence-corrected chi connectivity index (χ4v) is 10.4.